The highest BCUT2D eigenvalue weighted by atomic mass is 35.5. The zero-order valence-electron chi connectivity index (χ0n) is 17.6. The summed E-state index contributed by atoms with van der Waals surface area (Å²) in [6.07, 6.45) is -2.54. The fourth-order valence-electron chi connectivity index (χ4n) is 4.15. The lowest BCUT2D eigenvalue weighted by molar-refractivity contribution is -0.160. The van der Waals surface area contributed by atoms with E-state index in [1.54, 1.807) is 24.3 Å². The second kappa shape index (κ2) is 9.02. The van der Waals surface area contributed by atoms with Gasteiger partial charge in [0.15, 0.2) is 5.78 Å². The number of carboxylic acid groups (broad SMARTS) is 1. The van der Waals surface area contributed by atoms with Crippen molar-refractivity contribution in [2.45, 2.75) is 31.9 Å². The largest absolute Gasteiger partial charge is 0.481 e. The SMILES string of the molecule is O=C(O)CC1(CC(F)(F)F)CCc2cc(-c3cnc(Nc4ccc(Cl)cn4)cn3)ccc2C1=O. The van der Waals surface area contributed by atoms with E-state index in [9.17, 15) is 22.8 Å². The molecule has 176 valence electrons. The van der Waals surface area contributed by atoms with Crippen molar-refractivity contribution in [3.05, 3.63) is 65.1 Å². The van der Waals surface area contributed by atoms with Gasteiger partial charge in [0.1, 0.15) is 11.6 Å². The number of nitrogens with one attached hydrogen (secondary N) is 1. The van der Waals surface area contributed by atoms with Gasteiger partial charge in [-0.1, -0.05) is 23.7 Å². The van der Waals surface area contributed by atoms with Gasteiger partial charge in [0, 0.05) is 17.3 Å². The zero-order valence-corrected chi connectivity index (χ0v) is 18.3. The zero-order chi connectivity index (χ0) is 24.5. The Hall–Kier alpha value is -3.53. The number of carboxylic acids is 1. The number of hydrogen-bond acceptors (Lipinski definition) is 6. The molecule has 7 nitrogen and oxygen atoms in total. The van der Waals surface area contributed by atoms with Crippen LogP contribution in [-0.2, 0) is 11.2 Å². The number of halogens is 4. The van der Waals surface area contributed by atoms with Crippen molar-refractivity contribution >= 4 is 35.0 Å². The van der Waals surface area contributed by atoms with Crippen LogP contribution in [0.1, 0.15) is 35.2 Å². The summed E-state index contributed by atoms with van der Waals surface area (Å²) < 4.78 is 39.5. The van der Waals surface area contributed by atoms with E-state index in [-0.39, 0.29) is 18.4 Å². The topological polar surface area (TPSA) is 105 Å². The van der Waals surface area contributed by atoms with Gasteiger partial charge in [-0.05, 0) is 36.6 Å². The van der Waals surface area contributed by atoms with Gasteiger partial charge in [-0.15, -0.1) is 0 Å². The van der Waals surface area contributed by atoms with Crippen LogP contribution in [0.4, 0.5) is 24.8 Å². The number of Topliss-reactive ketones (excluding diaryl/α,β-unsaturated/α-hetero) is 1. The number of pyridine rings is 1. The van der Waals surface area contributed by atoms with Gasteiger partial charge >= 0.3 is 12.1 Å². The second-order valence-electron chi connectivity index (χ2n) is 8.12. The van der Waals surface area contributed by atoms with Crippen LogP contribution in [-0.4, -0.2) is 38.0 Å². The van der Waals surface area contributed by atoms with Crippen LogP contribution < -0.4 is 5.32 Å². The highest BCUT2D eigenvalue weighted by Gasteiger charge is 2.50. The van der Waals surface area contributed by atoms with E-state index in [0.717, 1.165) is 0 Å². The molecule has 0 spiro atoms. The van der Waals surface area contributed by atoms with Crippen molar-refractivity contribution in [1.82, 2.24) is 15.0 Å². The fraction of sp³-hybridized carbons (Fsp3) is 0.261. The van der Waals surface area contributed by atoms with E-state index in [1.807, 2.05) is 0 Å². The standard InChI is InChI=1S/C23H18ClF3N4O3/c24-15-2-4-18(29-9-15)31-19-11-28-17(10-30-19)14-1-3-16-13(7-14)5-6-22(21(16)34,8-20(32)33)12-23(25,26)27/h1-4,7,9-11H,5-6,8,12H2,(H,32,33)(H,29,30,31). The molecule has 1 aliphatic carbocycles. The number of fused-ring (bicyclic) bond motifs is 1. The molecule has 1 atom stereocenters. The Morgan fingerprint density at radius 1 is 1.09 bits per heavy atom. The maximum Gasteiger partial charge on any atom is 0.390 e. The van der Waals surface area contributed by atoms with E-state index in [4.69, 9.17) is 16.7 Å². The predicted octanol–water partition coefficient (Wildman–Crippen LogP) is 5.48. The fourth-order valence-corrected chi connectivity index (χ4v) is 4.26. The normalized spacial score (nSPS) is 17.8. The molecule has 11 heteroatoms. The number of aliphatic carboxylic acids is 1. The molecule has 1 unspecified atom stereocenters. The number of ketones is 1. The maximum absolute atomic E-state index is 13.2. The molecule has 0 fully saturated rings. The number of rotatable bonds is 6. The summed E-state index contributed by atoms with van der Waals surface area (Å²) in [7, 11) is 0. The average molecular weight is 491 g/mol. The molecule has 0 saturated heterocycles. The monoisotopic (exact) mass is 490 g/mol. The first kappa shape index (κ1) is 23.6. The molecule has 2 aromatic heterocycles. The third-order valence-electron chi connectivity index (χ3n) is 5.66. The Morgan fingerprint density at radius 2 is 1.85 bits per heavy atom. The van der Waals surface area contributed by atoms with Gasteiger partial charge in [0.2, 0.25) is 0 Å². The Morgan fingerprint density at radius 3 is 2.47 bits per heavy atom. The molecule has 2 heterocycles. The Kier molecular flexibility index (Phi) is 6.26. The van der Waals surface area contributed by atoms with Crippen LogP contribution in [0.3, 0.4) is 0 Å². The van der Waals surface area contributed by atoms with Crippen LogP contribution in [0.25, 0.3) is 11.3 Å². The first-order valence-electron chi connectivity index (χ1n) is 10.2. The lowest BCUT2D eigenvalue weighted by atomic mass is 9.66. The number of anilines is 2. The third-order valence-corrected chi connectivity index (χ3v) is 5.89. The van der Waals surface area contributed by atoms with Gasteiger partial charge in [-0.2, -0.15) is 13.2 Å². The van der Waals surface area contributed by atoms with Gasteiger partial charge in [0.05, 0.1) is 41.4 Å². The second-order valence-corrected chi connectivity index (χ2v) is 8.55. The van der Waals surface area contributed by atoms with E-state index >= 15 is 0 Å². The number of carbonyl (C=O) groups excluding carboxylic acids is 1. The Labute approximate surface area is 197 Å². The van der Waals surface area contributed by atoms with Crippen LogP contribution in [0.2, 0.25) is 5.02 Å². The Balaban J connectivity index is 1.57. The molecule has 1 aromatic carbocycles. The lowest BCUT2D eigenvalue weighted by Crippen LogP contribution is -2.41. The first-order chi connectivity index (χ1) is 16.0. The van der Waals surface area contributed by atoms with E-state index in [1.165, 1.54) is 24.7 Å². The summed E-state index contributed by atoms with van der Waals surface area (Å²) in [6.45, 7) is 0. The highest BCUT2D eigenvalue weighted by Crippen LogP contribution is 2.46. The number of hydrogen-bond donors (Lipinski definition) is 2. The van der Waals surface area contributed by atoms with Crippen LogP contribution in [0.15, 0.2) is 48.9 Å². The third kappa shape index (κ3) is 5.17. The number of nitrogens with zero attached hydrogens (tertiary/aromatic N) is 3. The number of aryl methyl sites for hydroxylation is 1. The molecule has 0 amide bonds. The predicted molar refractivity (Wildman–Crippen MR) is 118 cm³/mol. The summed E-state index contributed by atoms with van der Waals surface area (Å²) in [4.78, 5) is 37.0. The first-order valence-corrected chi connectivity index (χ1v) is 10.6. The molecule has 3 aromatic rings. The molecule has 4 rings (SSSR count). The van der Waals surface area contributed by atoms with Gasteiger partial charge in [-0.25, -0.2) is 9.97 Å². The van der Waals surface area contributed by atoms with Crippen LogP contribution >= 0.6 is 11.6 Å². The minimum atomic E-state index is -4.66. The van der Waals surface area contributed by atoms with Gasteiger partial charge in [0.25, 0.3) is 0 Å². The molecule has 0 radical (unpaired) electrons. The van der Waals surface area contributed by atoms with Crippen LogP contribution in [0.5, 0.6) is 0 Å². The quantitative estimate of drug-likeness (QED) is 0.471. The maximum atomic E-state index is 13.2. The minimum Gasteiger partial charge on any atom is -0.481 e. The number of carbonyl (C=O) groups is 2. The van der Waals surface area contributed by atoms with Crippen molar-refractivity contribution in [2.24, 2.45) is 5.41 Å². The highest BCUT2D eigenvalue weighted by molar-refractivity contribution is 6.30. The summed E-state index contributed by atoms with van der Waals surface area (Å²) in [6, 6.07) is 8.04. The molecular weight excluding hydrogens is 473 g/mol. The van der Waals surface area contributed by atoms with Crippen molar-refractivity contribution in [1.29, 1.82) is 0 Å². The molecule has 34 heavy (non-hydrogen) atoms. The summed E-state index contributed by atoms with van der Waals surface area (Å²) in [5, 5.41) is 12.6. The average Bonchev–Trinajstić information content (AvgIpc) is 2.77. The van der Waals surface area contributed by atoms with Crippen LogP contribution in [0, 0.1) is 5.41 Å². The summed E-state index contributed by atoms with van der Waals surface area (Å²) in [5.41, 5.74) is -0.193. The molecule has 0 bridgehead atoms. The van der Waals surface area contributed by atoms with E-state index in [0.29, 0.717) is 33.5 Å². The number of benzene rings is 1. The van der Waals surface area contributed by atoms with Crippen molar-refractivity contribution in [3.63, 3.8) is 0 Å². The molecule has 2 N–H and O–H groups in total. The van der Waals surface area contributed by atoms with E-state index in [2.05, 4.69) is 20.3 Å². The molecular formula is C23H18ClF3N4O3. The summed E-state index contributed by atoms with van der Waals surface area (Å²) >= 11 is 5.81. The van der Waals surface area contributed by atoms with Gasteiger partial charge in [-0.3, -0.25) is 14.6 Å². The van der Waals surface area contributed by atoms with Crippen molar-refractivity contribution in [2.75, 3.05) is 5.32 Å². The molecule has 0 aliphatic heterocycles. The number of aromatic nitrogens is 3. The van der Waals surface area contributed by atoms with Crippen molar-refractivity contribution in [3.8, 4) is 11.3 Å². The molecule has 0 saturated carbocycles. The smallest absolute Gasteiger partial charge is 0.390 e. The molecule has 1 aliphatic rings. The summed E-state index contributed by atoms with van der Waals surface area (Å²) in [5.74, 6) is -1.25. The van der Waals surface area contributed by atoms with Gasteiger partial charge < -0.3 is 10.4 Å². The number of alkyl halides is 3. The Bertz CT molecular complexity index is 1230. The van der Waals surface area contributed by atoms with Crippen molar-refractivity contribution < 1.29 is 27.9 Å². The van der Waals surface area contributed by atoms with E-state index < -0.39 is 36.2 Å². The lowest BCUT2D eigenvalue weighted by Gasteiger charge is -2.36. The minimum absolute atomic E-state index is 0.112.